The number of benzene rings is 1. The standard InChI is InChI=1S/C16H19N3O/c20-13-4-5-14-12(10-13)2-1-3-15(14)19-9-8-18-7-6-17-16(18)11-19/h4-7,10,15,20H,1-3,8-9,11H2. The average Bonchev–Trinajstić information content (AvgIpc) is 2.93. The molecule has 2 aromatic rings. The van der Waals surface area contributed by atoms with Crippen molar-refractivity contribution in [3.63, 3.8) is 0 Å². The van der Waals surface area contributed by atoms with Crippen molar-refractivity contribution >= 4 is 0 Å². The molecule has 0 saturated heterocycles. The molecule has 104 valence electrons. The number of fused-ring (bicyclic) bond motifs is 2. The fourth-order valence-electron chi connectivity index (χ4n) is 3.61. The highest BCUT2D eigenvalue weighted by molar-refractivity contribution is 5.38. The van der Waals surface area contributed by atoms with E-state index in [4.69, 9.17) is 0 Å². The lowest BCUT2D eigenvalue weighted by Gasteiger charge is -2.38. The van der Waals surface area contributed by atoms with Gasteiger partial charge in [0.05, 0.1) is 6.54 Å². The maximum absolute atomic E-state index is 9.66. The molecule has 0 saturated carbocycles. The van der Waals surface area contributed by atoms with Gasteiger partial charge >= 0.3 is 0 Å². The van der Waals surface area contributed by atoms with Gasteiger partial charge in [-0.3, -0.25) is 4.90 Å². The lowest BCUT2D eigenvalue weighted by Crippen LogP contribution is -2.38. The van der Waals surface area contributed by atoms with Crippen LogP contribution in [0.15, 0.2) is 30.6 Å². The smallest absolute Gasteiger partial charge is 0.122 e. The van der Waals surface area contributed by atoms with Crippen molar-refractivity contribution in [3.8, 4) is 5.75 Å². The Labute approximate surface area is 118 Å². The van der Waals surface area contributed by atoms with E-state index in [1.807, 2.05) is 18.3 Å². The number of aromatic hydroxyl groups is 1. The van der Waals surface area contributed by atoms with Crippen LogP contribution in [-0.2, 0) is 19.5 Å². The lowest BCUT2D eigenvalue weighted by molar-refractivity contribution is 0.138. The van der Waals surface area contributed by atoms with E-state index >= 15 is 0 Å². The van der Waals surface area contributed by atoms with Crippen molar-refractivity contribution in [3.05, 3.63) is 47.5 Å². The van der Waals surface area contributed by atoms with Crippen molar-refractivity contribution in [2.45, 2.75) is 38.4 Å². The predicted molar refractivity (Wildman–Crippen MR) is 76.4 cm³/mol. The molecular weight excluding hydrogens is 250 g/mol. The first-order chi connectivity index (χ1) is 9.81. The molecule has 1 aromatic heterocycles. The molecule has 4 nitrogen and oxygen atoms in total. The number of phenols is 1. The summed E-state index contributed by atoms with van der Waals surface area (Å²) in [5, 5.41) is 9.66. The molecule has 1 N–H and O–H groups in total. The molecule has 1 unspecified atom stereocenters. The molecule has 20 heavy (non-hydrogen) atoms. The Bertz CT molecular complexity index is 634. The molecule has 0 radical (unpaired) electrons. The molecule has 1 aliphatic carbocycles. The Morgan fingerprint density at radius 1 is 1.25 bits per heavy atom. The number of aryl methyl sites for hydroxylation is 1. The molecule has 1 aromatic carbocycles. The fourth-order valence-corrected chi connectivity index (χ4v) is 3.61. The van der Waals surface area contributed by atoms with Crippen molar-refractivity contribution in [2.24, 2.45) is 0 Å². The summed E-state index contributed by atoms with van der Waals surface area (Å²) in [6, 6.07) is 6.34. The summed E-state index contributed by atoms with van der Waals surface area (Å²) in [5.74, 6) is 1.56. The Hall–Kier alpha value is -1.81. The summed E-state index contributed by atoms with van der Waals surface area (Å²) >= 11 is 0. The van der Waals surface area contributed by atoms with E-state index < -0.39 is 0 Å². The van der Waals surface area contributed by atoms with Gasteiger partial charge in [-0.2, -0.15) is 0 Å². The fraction of sp³-hybridized carbons (Fsp3) is 0.438. The van der Waals surface area contributed by atoms with Gasteiger partial charge in [0.1, 0.15) is 11.6 Å². The quantitative estimate of drug-likeness (QED) is 0.864. The van der Waals surface area contributed by atoms with Crippen molar-refractivity contribution in [1.82, 2.24) is 14.5 Å². The van der Waals surface area contributed by atoms with E-state index in [2.05, 4.69) is 26.7 Å². The molecule has 4 heteroatoms. The zero-order valence-corrected chi connectivity index (χ0v) is 11.5. The van der Waals surface area contributed by atoms with Gasteiger partial charge in [0.15, 0.2) is 0 Å². The van der Waals surface area contributed by atoms with E-state index in [1.165, 1.54) is 29.8 Å². The summed E-state index contributed by atoms with van der Waals surface area (Å²) in [6.07, 6.45) is 7.46. The molecule has 0 spiro atoms. The van der Waals surface area contributed by atoms with Crippen molar-refractivity contribution in [2.75, 3.05) is 6.54 Å². The van der Waals surface area contributed by atoms with Gasteiger partial charge in [-0.05, 0) is 42.5 Å². The molecule has 2 heterocycles. The summed E-state index contributed by atoms with van der Waals surface area (Å²) in [4.78, 5) is 6.99. The largest absolute Gasteiger partial charge is 0.508 e. The number of nitrogens with zero attached hydrogens (tertiary/aromatic N) is 3. The van der Waals surface area contributed by atoms with Crippen LogP contribution in [0.25, 0.3) is 0 Å². The van der Waals surface area contributed by atoms with Crippen LogP contribution in [-0.4, -0.2) is 26.1 Å². The third kappa shape index (κ3) is 1.91. The maximum atomic E-state index is 9.66. The van der Waals surface area contributed by atoms with Crippen LogP contribution < -0.4 is 0 Å². The number of phenolic OH excluding ortho intramolecular Hbond substituents is 1. The van der Waals surface area contributed by atoms with Crippen LogP contribution in [0.3, 0.4) is 0 Å². The van der Waals surface area contributed by atoms with E-state index in [0.717, 1.165) is 26.1 Å². The van der Waals surface area contributed by atoms with Gasteiger partial charge in [-0.1, -0.05) is 6.07 Å². The maximum Gasteiger partial charge on any atom is 0.122 e. The Morgan fingerprint density at radius 3 is 3.15 bits per heavy atom. The van der Waals surface area contributed by atoms with E-state index in [9.17, 15) is 5.11 Å². The predicted octanol–water partition coefficient (Wildman–Crippen LogP) is 2.48. The molecule has 0 fully saturated rings. The van der Waals surface area contributed by atoms with Crippen LogP contribution >= 0.6 is 0 Å². The molecule has 0 amide bonds. The molecule has 1 atom stereocenters. The van der Waals surface area contributed by atoms with Crippen molar-refractivity contribution < 1.29 is 5.11 Å². The number of hydrogen-bond acceptors (Lipinski definition) is 3. The minimum absolute atomic E-state index is 0.388. The molecule has 1 aliphatic heterocycles. The monoisotopic (exact) mass is 269 g/mol. The van der Waals surface area contributed by atoms with Gasteiger partial charge in [-0.25, -0.2) is 4.98 Å². The average molecular weight is 269 g/mol. The number of hydrogen-bond donors (Lipinski definition) is 1. The first-order valence-electron chi connectivity index (χ1n) is 7.37. The summed E-state index contributed by atoms with van der Waals surface area (Å²) in [6.45, 7) is 3.03. The van der Waals surface area contributed by atoms with E-state index in [-0.39, 0.29) is 0 Å². The Balaban J connectivity index is 1.65. The molecule has 2 aliphatic rings. The first-order valence-corrected chi connectivity index (χ1v) is 7.37. The van der Waals surface area contributed by atoms with Crippen LogP contribution in [0.2, 0.25) is 0 Å². The second-order valence-corrected chi connectivity index (χ2v) is 5.80. The summed E-state index contributed by atoms with van der Waals surface area (Å²) in [5.41, 5.74) is 2.71. The molecule has 4 rings (SSSR count). The highest BCUT2D eigenvalue weighted by Gasteiger charge is 2.28. The summed E-state index contributed by atoms with van der Waals surface area (Å²) in [7, 11) is 0. The van der Waals surface area contributed by atoms with Crippen LogP contribution in [0, 0.1) is 0 Å². The lowest BCUT2D eigenvalue weighted by atomic mass is 9.86. The normalized spacial score (nSPS) is 22.3. The SMILES string of the molecule is Oc1ccc2c(c1)CCCC2N1CCn2ccnc2C1. The van der Waals surface area contributed by atoms with Gasteiger partial charge < -0.3 is 9.67 Å². The topological polar surface area (TPSA) is 41.3 Å². The van der Waals surface area contributed by atoms with E-state index in [1.54, 1.807) is 0 Å². The van der Waals surface area contributed by atoms with E-state index in [0.29, 0.717) is 11.8 Å². The zero-order chi connectivity index (χ0) is 13.5. The number of aromatic nitrogens is 2. The zero-order valence-electron chi connectivity index (χ0n) is 11.5. The number of rotatable bonds is 1. The van der Waals surface area contributed by atoms with Crippen LogP contribution in [0.5, 0.6) is 5.75 Å². The second-order valence-electron chi connectivity index (χ2n) is 5.80. The van der Waals surface area contributed by atoms with Gasteiger partial charge in [0, 0.05) is 31.5 Å². The minimum atomic E-state index is 0.388. The van der Waals surface area contributed by atoms with Gasteiger partial charge in [0.2, 0.25) is 0 Å². The van der Waals surface area contributed by atoms with Gasteiger partial charge in [-0.15, -0.1) is 0 Å². The number of imidazole rings is 1. The Morgan fingerprint density at radius 2 is 2.20 bits per heavy atom. The third-order valence-electron chi connectivity index (χ3n) is 4.62. The summed E-state index contributed by atoms with van der Waals surface area (Å²) < 4.78 is 2.25. The molecule has 0 bridgehead atoms. The highest BCUT2D eigenvalue weighted by atomic mass is 16.3. The first kappa shape index (κ1) is 12.0. The minimum Gasteiger partial charge on any atom is -0.508 e. The molecular formula is C16H19N3O. The van der Waals surface area contributed by atoms with Crippen LogP contribution in [0.1, 0.15) is 35.8 Å². The van der Waals surface area contributed by atoms with Crippen molar-refractivity contribution in [1.29, 1.82) is 0 Å². The van der Waals surface area contributed by atoms with Gasteiger partial charge in [0.25, 0.3) is 0 Å². The second kappa shape index (κ2) is 4.63. The highest BCUT2D eigenvalue weighted by Crippen LogP contribution is 2.37. The van der Waals surface area contributed by atoms with Crippen LogP contribution in [0.4, 0.5) is 0 Å². The third-order valence-corrected chi connectivity index (χ3v) is 4.62. The Kier molecular flexibility index (Phi) is 2.77.